The van der Waals surface area contributed by atoms with Gasteiger partial charge in [0.2, 0.25) is 0 Å². The quantitative estimate of drug-likeness (QED) is 0.331. The number of hydrogen-bond donors (Lipinski definition) is 1. The summed E-state index contributed by atoms with van der Waals surface area (Å²) in [7, 11) is 0. The van der Waals surface area contributed by atoms with Crippen LogP contribution in [0.4, 0.5) is 0 Å². The van der Waals surface area contributed by atoms with Crippen molar-refractivity contribution in [3.8, 4) is 0 Å². The van der Waals surface area contributed by atoms with Crippen molar-refractivity contribution >= 4 is 5.97 Å². The lowest BCUT2D eigenvalue weighted by atomic mass is 9.90. The summed E-state index contributed by atoms with van der Waals surface area (Å²) in [4.78, 5) is 11.9. The number of carbonyl (C=O) groups is 1. The van der Waals surface area contributed by atoms with Gasteiger partial charge in [0.05, 0.1) is 16.6 Å². The van der Waals surface area contributed by atoms with Crippen molar-refractivity contribution in [1.29, 1.82) is 0 Å². The average Bonchev–Trinajstić information content (AvgIpc) is 3.37. The standard InChI is InChI=1S/C24H44O3/c1-7-9-11-13-15-17-21(4,16-14-12-10-8-2)27-22(5)18-24(22)19(3)23(24,6)20(25)26/h19H,7-18H2,1-6H3,(H,25,26). The topological polar surface area (TPSA) is 46.5 Å². The molecule has 0 bridgehead atoms. The molecule has 0 aromatic heterocycles. The van der Waals surface area contributed by atoms with Gasteiger partial charge < -0.3 is 9.84 Å². The average molecular weight is 381 g/mol. The molecule has 0 aliphatic heterocycles. The van der Waals surface area contributed by atoms with E-state index in [0.717, 1.165) is 19.3 Å². The molecule has 0 aromatic carbocycles. The fourth-order valence-electron chi connectivity index (χ4n) is 6.06. The summed E-state index contributed by atoms with van der Waals surface area (Å²) < 4.78 is 6.85. The van der Waals surface area contributed by atoms with Crippen molar-refractivity contribution in [1.82, 2.24) is 0 Å². The minimum absolute atomic E-state index is 0.111. The molecule has 158 valence electrons. The molecule has 1 N–H and O–H groups in total. The molecule has 3 heteroatoms. The first-order valence-electron chi connectivity index (χ1n) is 11.6. The van der Waals surface area contributed by atoms with Crippen molar-refractivity contribution in [2.75, 3.05) is 0 Å². The van der Waals surface area contributed by atoms with Gasteiger partial charge >= 0.3 is 5.97 Å². The molecule has 3 nitrogen and oxygen atoms in total. The first kappa shape index (κ1) is 22.7. The molecular formula is C24H44O3. The number of unbranched alkanes of at least 4 members (excludes halogenated alkanes) is 7. The number of carboxylic acid groups (broad SMARTS) is 1. The van der Waals surface area contributed by atoms with Crippen LogP contribution in [0.15, 0.2) is 0 Å². The van der Waals surface area contributed by atoms with Crippen LogP contribution in [0.5, 0.6) is 0 Å². The van der Waals surface area contributed by atoms with Gasteiger partial charge in [0, 0.05) is 5.41 Å². The van der Waals surface area contributed by atoms with Crippen LogP contribution < -0.4 is 0 Å². The summed E-state index contributed by atoms with van der Waals surface area (Å²) in [5, 5.41) is 9.76. The van der Waals surface area contributed by atoms with Crippen molar-refractivity contribution in [3.05, 3.63) is 0 Å². The SMILES string of the molecule is CCCCCCCC(C)(CCCCCC)OC1(C)CC12C(C)C2(C)C(=O)O. The van der Waals surface area contributed by atoms with Crippen LogP contribution in [0, 0.1) is 16.7 Å². The van der Waals surface area contributed by atoms with Crippen LogP contribution in [0.3, 0.4) is 0 Å². The first-order valence-corrected chi connectivity index (χ1v) is 11.6. The van der Waals surface area contributed by atoms with Gasteiger partial charge in [-0.05, 0) is 46.0 Å². The zero-order valence-corrected chi connectivity index (χ0v) is 18.8. The predicted molar refractivity (Wildman–Crippen MR) is 112 cm³/mol. The normalized spacial score (nSPS) is 36.6. The molecule has 1 spiro atoms. The van der Waals surface area contributed by atoms with Gasteiger partial charge in [-0.3, -0.25) is 4.79 Å². The summed E-state index contributed by atoms with van der Waals surface area (Å²) >= 11 is 0. The van der Waals surface area contributed by atoms with Crippen molar-refractivity contribution in [3.63, 3.8) is 0 Å². The van der Waals surface area contributed by atoms with Crippen LogP contribution in [0.25, 0.3) is 0 Å². The summed E-state index contributed by atoms with van der Waals surface area (Å²) in [6, 6.07) is 0. The maximum absolute atomic E-state index is 11.9. The molecule has 2 aliphatic rings. The third kappa shape index (κ3) is 4.09. The minimum atomic E-state index is -0.647. The summed E-state index contributed by atoms with van der Waals surface area (Å²) in [5.41, 5.74) is -1.12. The zero-order valence-electron chi connectivity index (χ0n) is 18.8. The molecule has 2 rings (SSSR count). The Morgan fingerprint density at radius 3 is 1.93 bits per heavy atom. The van der Waals surface area contributed by atoms with Crippen LogP contribution in [-0.4, -0.2) is 22.3 Å². The fraction of sp³-hybridized carbons (Fsp3) is 0.958. The lowest BCUT2D eigenvalue weighted by Gasteiger charge is -2.35. The highest BCUT2D eigenvalue weighted by molar-refractivity contribution is 5.83. The monoisotopic (exact) mass is 380 g/mol. The molecule has 0 aromatic rings. The highest BCUT2D eigenvalue weighted by Gasteiger charge is 2.92. The largest absolute Gasteiger partial charge is 0.481 e. The van der Waals surface area contributed by atoms with Crippen LogP contribution in [-0.2, 0) is 9.53 Å². The van der Waals surface area contributed by atoms with E-state index in [-0.39, 0.29) is 22.5 Å². The molecule has 0 heterocycles. The fourth-order valence-corrected chi connectivity index (χ4v) is 6.06. The molecular weight excluding hydrogens is 336 g/mol. The molecule has 5 atom stereocenters. The Labute approximate surface area is 167 Å². The van der Waals surface area contributed by atoms with Crippen molar-refractivity contribution in [2.24, 2.45) is 16.7 Å². The summed E-state index contributed by atoms with van der Waals surface area (Å²) in [5.74, 6) is -0.437. The van der Waals surface area contributed by atoms with Crippen molar-refractivity contribution < 1.29 is 14.6 Å². The maximum atomic E-state index is 11.9. The van der Waals surface area contributed by atoms with E-state index in [9.17, 15) is 9.90 Å². The Morgan fingerprint density at radius 2 is 1.48 bits per heavy atom. The molecule has 27 heavy (non-hydrogen) atoms. The number of rotatable bonds is 14. The zero-order chi connectivity index (χ0) is 20.3. The Balaban J connectivity index is 1.98. The smallest absolute Gasteiger partial charge is 0.310 e. The van der Waals surface area contributed by atoms with Gasteiger partial charge in [-0.25, -0.2) is 0 Å². The van der Waals surface area contributed by atoms with E-state index < -0.39 is 11.4 Å². The van der Waals surface area contributed by atoms with E-state index in [1.54, 1.807) is 0 Å². The second-order valence-electron chi connectivity index (χ2n) is 10.1. The predicted octanol–water partition coefficient (Wildman–Crippen LogP) is 6.98. The van der Waals surface area contributed by atoms with Crippen molar-refractivity contribution in [2.45, 2.75) is 130 Å². The highest BCUT2D eigenvalue weighted by atomic mass is 16.5. The number of ether oxygens (including phenoxy) is 1. The Morgan fingerprint density at radius 1 is 1.00 bits per heavy atom. The van der Waals surface area contributed by atoms with Crippen LogP contribution >= 0.6 is 0 Å². The third-order valence-corrected chi connectivity index (χ3v) is 8.17. The number of hydrogen-bond acceptors (Lipinski definition) is 2. The summed E-state index contributed by atoms with van der Waals surface area (Å²) in [6.07, 6.45) is 14.6. The minimum Gasteiger partial charge on any atom is -0.481 e. The molecule has 2 aliphatic carbocycles. The second-order valence-corrected chi connectivity index (χ2v) is 10.1. The van der Waals surface area contributed by atoms with Gasteiger partial charge in [-0.2, -0.15) is 0 Å². The van der Waals surface area contributed by atoms with E-state index in [2.05, 4.69) is 34.6 Å². The number of carboxylic acids is 1. The van der Waals surface area contributed by atoms with E-state index in [4.69, 9.17) is 4.74 Å². The Bertz CT molecular complexity index is 518. The van der Waals surface area contributed by atoms with E-state index >= 15 is 0 Å². The number of aliphatic carboxylic acids is 1. The third-order valence-electron chi connectivity index (χ3n) is 8.17. The van der Waals surface area contributed by atoms with Gasteiger partial charge in [0.15, 0.2) is 0 Å². The summed E-state index contributed by atoms with van der Waals surface area (Å²) in [6.45, 7) is 13.0. The van der Waals surface area contributed by atoms with Gasteiger partial charge in [0.25, 0.3) is 0 Å². The van der Waals surface area contributed by atoms with E-state index in [0.29, 0.717) is 0 Å². The highest BCUT2D eigenvalue weighted by Crippen LogP contribution is 2.88. The van der Waals surface area contributed by atoms with Gasteiger partial charge in [-0.1, -0.05) is 78.6 Å². The van der Waals surface area contributed by atoms with Gasteiger partial charge in [-0.15, -0.1) is 0 Å². The Kier molecular flexibility index (Phi) is 7.09. The van der Waals surface area contributed by atoms with Crippen LogP contribution in [0.1, 0.15) is 119 Å². The van der Waals surface area contributed by atoms with E-state index in [1.165, 1.54) is 57.8 Å². The molecule has 5 unspecified atom stereocenters. The molecule has 0 amide bonds. The first-order chi connectivity index (χ1) is 12.6. The van der Waals surface area contributed by atoms with E-state index in [1.807, 2.05) is 6.92 Å². The molecule has 0 saturated heterocycles. The molecule has 2 saturated carbocycles. The second kappa shape index (κ2) is 8.43. The molecule has 0 radical (unpaired) electrons. The Hall–Kier alpha value is -0.570. The lowest BCUT2D eigenvalue weighted by Crippen LogP contribution is -2.36. The lowest BCUT2D eigenvalue weighted by molar-refractivity contribution is -0.146. The van der Waals surface area contributed by atoms with Crippen LogP contribution in [0.2, 0.25) is 0 Å². The van der Waals surface area contributed by atoms with Gasteiger partial charge in [0.1, 0.15) is 0 Å². The maximum Gasteiger partial charge on any atom is 0.310 e. The molecule has 2 fully saturated rings.